The highest BCUT2D eigenvalue weighted by atomic mass is 16.7. The molecule has 0 atom stereocenters. The van der Waals surface area contributed by atoms with Gasteiger partial charge in [0.2, 0.25) is 0 Å². The molecule has 1 aliphatic rings. The molecule has 0 aromatic carbocycles. The Hall–Kier alpha value is -1.44. The molecular weight excluding hydrogens is 267 g/mol. The van der Waals surface area contributed by atoms with E-state index in [9.17, 15) is 0 Å². The number of nitrogens with one attached hydrogen (secondary N) is 1. The third-order valence-corrected chi connectivity index (χ3v) is 3.98. The Morgan fingerprint density at radius 3 is 2.33 bits per heavy atom. The van der Waals surface area contributed by atoms with E-state index < -0.39 is 7.12 Å². The van der Waals surface area contributed by atoms with E-state index in [1.807, 2.05) is 46.9 Å². The largest absolute Gasteiger partial charge is 0.491 e. The summed E-state index contributed by atoms with van der Waals surface area (Å²) in [7, 11) is 1.48. The second-order valence-electron chi connectivity index (χ2n) is 6.22. The highest BCUT2D eigenvalue weighted by molar-refractivity contribution is 6.55. The van der Waals surface area contributed by atoms with Crippen LogP contribution in [0.4, 0.5) is 5.82 Å². The summed E-state index contributed by atoms with van der Waals surface area (Å²) in [5.41, 5.74) is 6.52. The smallest absolute Gasteiger partial charge is 0.400 e. The predicted molar refractivity (Wildman–Crippen MR) is 84.4 cm³/mol. The van der Waals surface area contributed by atoms with Gasteiger partial charge in [-0.25, -0.2) is 0 Å². The van der Waals surface area contributed by atoms with E-state index in [1.165, 1.54) is 0 Å². The van der Waals surface area contributed by atoms with E-state index in [-0.39, 0.29) is 11.2 Å². The summed E-state index contributed by atoms with van der Waals surface area (Å²) in [6, 6.07) is 3.54. The molecule has 3 N–H and O–H groups in total. The number of likely N-dealkylation sites (N-methyl/N-ethyl adjacent to an activating group) is 1. The number of aromatic nitrogens is 2. The molecule has 2 rings (SSSR count). The SMILES string of the molecule is CNCC(=Cc1ccc(N)nn1)B1OC(C)(C)C(C)(C)O1. The summed E-state index contributed by atoms with van der Waals surface area (Å²) in [5.74, 6) is 0.401. The van der Waals surface area contributed by atoms with Gasteiger partial charge in [-0.05, 0) is 58.4 Å². The van der Waals surface area contributed by atoms with Crippen molar-refractivity contribution in [1.82, 2.24) is 15.5 Å². The predicted octanol–water partition coefficient (Wildman–Crippen LogP) is 1.29. The third-order valence-electron chi connectivity index (χ3n) is 3.98. The minimum atomic E-state index is -0.401. The highest BCUT2D eigenvalue weighted by Gasteiger charge is 2.52. The fourth-order valence-electron chi connectivity index (χ4n) is 2.02. The molecule has 6 nitrogen and oxygen atoms in total. The van der Waals surface area contributed by atoms with E-state index in [0.29, 0.717) is 12.4 Å². The molecule has 0 spiro atoms. The molecule has 7 heteroatoms. The van der Waals surface area contributed by atoms with Crippen LogP contribution in [0.1, 0.15) is 33.4 Å². The van der Waals surface area contributed by atoms with Crippen LogP contribution in [0.15, 0.2) is 17.6 Å². The molecule has 1 aliphatic heterocycles. The van der Waals surface area contributed by atoms with Crippen LogP contribution in [0.25, 0.3) is 6.08 Å². The van der Waals surface area contributed by atoms with Crippen molar-refractivity contribution in [2.75, 3.05) is 19.3 Å². The van der Waals surface area contributed by atoms with Gasteiger partial charge in [0.25, 0.3) is 0 Å². The van der Waals surface area contributed by atoms with Crippen molar-refractivity contribution in [1.29, 1.82) is 0 Å². The fraction of sp³-hybridized carbons (Fsp3) is 0.571. The van der Waals surface area contributed by atoms with Crippen molar-refractivity contribution in [3.05, 3.63) is 23.3 Å². The van der Waals surface area contributed by atoms with Crippen LogP contribution in [-0.4, -0.2) is 42.1 Å². The molecule has 0 aliphatic carbocycles. The normalized spacial score (nSPS) is 20.8. The third kappa shape index (κ3) is 3.43. The molecule has 0 bridgehead atoms. The Morgan fingerprint density at radius 2 is 1.86 bits per heavy atom. The molecule has 1 saturated heterocycles. The zero-order valence-electron chi connectivity index (χ0n) is 13.3. The molecule has 0 saturated carbocycles. The van der Waals surface area contributed by atoms with Crippen molar-refractivity contribution in [2.24, 2.45) is 0 Å². The zero-order valence-corrected chi connectivity index (χ0v) is 13.3. The lowest BCUT2D eigenvalue weighted by molar-refractivity contribution is 0.00578. The van der Waals surface area contributed by atoms with Gasteiger partial charge in [0.15, 0.2) is 0 Å². The van der Waals surface area contributed by atoms with Gasteiger partial charge < -0.3 is 20.4 Å². The highest BCUT2D eigenvalue weighted by Crippen LogP contribution is 2.38. The minimum absolute atomic E-state index is 0.364. The molecule has 21 heavy (non-hydrogen) atoms. The lowest BCUT2D eigenvalue weighted by Crippen LogP contribution is -2.41. The number of rotatable bonds is 4. The van der Waals surface area contributed by atoms with Gasteiger partial charge in [-0.15, -0.1) is 10.2 Å². The maximum absolute atomic E-state index is 6.07. The Balaban J connectivity index is 2.26. The number of nitrogens with two attached hydrogens (primary N) is 1. The first-order valence-corrected chi connectivity index (χ1v) is 7.05. The van der Waals surface area contributed by atoms with E-state index >= 15 is 0 Å². The lowest BCUT2D eigenvalue weighted by Gasteiger charge is -2.32. The second kappa shape index (κ2) is 5.75. The summed E-state index contributed by atoms with van der Waals surface area (Å²) in [5, 5.41) is 11.0. The number of hydrogen-bond donors (Lipinski definition) is 2. The van der Waals surface area contributed by atoms with Crippen molar-refractivity contribution >= 4 is 19.0 Å². The van der Waals surface area contributed by atoms with Gasteiger partial charge in [0.05, 0.1) is 16.9 Å². The van der Waals surface area contributed by atoms with Crippen LogP contribution in [0.3, 0.4) is 0 Å². The number of nitrogen functional groups attached to an aromatic ring is 1. The van der Waals surface area contributed by atoms with Crippen LogP contribution >= 0.6 is 0 Å². The Bertz CT molecular complexity index is 512. The molecule has 0 amide bonds. The van der Waals surface area contributed by atoms with Gasteiger partial charge in [0, 0.05) is 6.54 Å². The van der Waals surface area contributed by atoms with Crippen LogP contribution in [0, 0.1) is 0 Å². The summed E-state index contributed by atoms with van der Waals surface area (Å²) in [6.07, 6.45) is 1.92. The van der Waals surface area contributed by atoms with Crippen LogP contribution < -0.4 is 11.1 Å². The fourth-order valence-corrected chi connectivity index (χ4v) is 2.02. The maximum Gasteiger partial charge on any atom is 0.491 e. The van der Waals surface area contributed by atoms with Gasteiger partial charge in [-0.2, -0.15) is 0 Å². The number of nitrogens with zero attached hydrogens (tertiary/aromatic N) is 2. The second-order valence-corrected chi connectivity index (χ2v) is 6.22. The van der Waals surface area contributed by atoms with E-state index in [2.05, 4.69) is 15.5 Å². The first-order valence-electron chi connectivity index (χ1n) is 7.05. The average Bonchev–Trinajstić information content (AvgIpc) is 2.60. The number of anilines is 1. The van der Waals surface area contributed by atoms with E-state index in [0.717, 1.165) is 11.2 Å². The monoisotopic (exact) mass is 290 g/mol. The van der Waals surface area contributed by atoms with Gasteiger partial charge in [-0.3, -0.25) is 0 Å². The summed E-state index contributed by atoms with van der Waals surface area (Å²) in [6.45, 7) is 8.78. The van der Waals surface area contributed by atoms with Crippen molar-refractivity contribution in [3.63, 3.8) is 0 Å². The lowest BCUT2D eigenvalue weighted by atomic mass is 9.77. The van der Waals surface area contributed by atoms with Crippen LogP contribution in [0.2, 0.25) is 0 Å². The standard InChI is InChI=1S/C14H23BN4O2/c1-13(2)14(3,4)21-15(20-13)10(9-17-5)8-11-6-7-12(16)19-18-11/h6-8,17H,9H2,1-5H3,(H2,16,19). The van der Waals surface area contributed by atoms with Gasteiger partial charge in [-0.1, -0.05) is 0 Å². The number of hydrogen-bond acceptors (Lipinski definition) is 6. The van der Waals surface area contributed by atoms with Gasteiger partial charge >= 0.3 is 7.12 Å². The van der Waals surface area contributed by atoms with E-state index in [4.69, 9.17) is 15.0 Å². The zero-order chi connectivity index (χ0) is 15.7. The Kier molecular flexibility index (Phi) is 4.36. The van der Waals surface area contributed by atoms with Gasteiger partial charge in [0.1, 0.15) is 5.82 Å². The first kappa shape index (κ1) is 15.9. The Morgan fingerprint density at radius 1 is 1.24 bits per heavy atom. The van der Waals surface area contributed by atoms with E-state index in [1.54, 1.807) is 6.07 Å². The summed E-state index contributed by atoms with van der Waals surface area (Å²) >= 11 is 0. The van der Waals surface area contributed by atoms with Crippen molar-refractivity contribution in [3.8, 4) is 0 Å². The minimum Gasteiger partial charge on any atom is -0.400 e. The average molecular weight is 290 g/mol. The quantitative estimate of drug-likeness (QED) is 0.813. The molecule has 114 valence electrons. The summed E-state index contributed by atoms with van der Waals surface area (Å²) < 4.78 is 12.1. The van der Waals surface area contributed by atoms with Crippen LogP contribution in [0.5, 0.6) is 0 Å². The summed E-state index contributed by atoms with van der Waals surface area (Å²) in [4.78, 5) is 0. The molecule has 1 aromatic heterocycles. The molecule has 1 aromatic rings. The maximum atomic E-state index is 6.07. The topological polar surface area (TPSA) is 82.3 Å². The molecule has 1 fully saturated rings. The first-order chi connectivity index (χ1) is 9.75. The molecule has 2 heterocycles. The molecular formula is C14H23BN4O2. The Labute approximate surface area is 126 Å². The van der Waals surface area contributed by atoms with Crippen LogP contribution in [-0.2, 0) is 9.31 Å². The molecule has 0 radical (unpaired) electrons. The van der Waals surface area contributed by atoms with Crippen molar-refractivity contribution in [2.45, 2.75) is 38.9 Å². The molecule has 0 unspecified atom stereocenters. The van der Waals surface area contributed by atoms with Crippen molar-refractivity contribution < 1.29 is 9.31 Å².